The summed E-state index contributed by atoms with van der Waals surface area (Å²) in [7, 11) is 4.11. The zero-order chi connectivity index (χ0) is 34.5. The van der Waals surface area contributed by atoms with E-state index in [1.54, 1.807) is 13.0 Å². The summed E-state index contributed by atoms with van der Waals surface area (Å²) < 4.78 is 52.2. The zero-order valence-corrected chi connectivity index (χ0v) is 29.1. The number of nitrogens with one attached hydrogen (secondary N) is 1. The number of halogens is 3. The van der Waals surface area contributed by atoms with E-state index in [1.165, 1.54) is 29.5 Å². The third-order valence-corrected chi connectivity index (χ3v) is 10.3. The molecule has 2 aliphatic heterocycles. The lowest BCUT2D eigenvalue weighted by Crippen LogP contribution is -2.48. The molecule has 1 fully saturated rings. The molecule has 1 N–H and O–H groups in total. The van der Waals surface area contributed by atoms with Crippen LogP contribution in [0.4, 0.5) is 24.5 Å². The SMILES string of the molecule is CC(Oc1ccc2[nH]cc(CCN(C)C)c2c1)C(=O)OCCN1CCN(CCCN2c3ccccc3Sc3ccc(C(F)(F)F)cc32)CC1. The third-order valence-electron chi connectivity index (χ3n) is 9.14. The van der Waals surface area contributed by atoms with Gasteiger partial charge in [-0.3, -0.25) is 4.90 Å². The molecule has 262 valence electrons. The van der Waals surface area contributed by atoms with Gasteiger partial charge in [-0.05, 0) is 94.5 Å². The van der Waals surface area contributed by atoms with Crippen molar-refractivity contribution in [1.82, 2.24) is 19.7 Å². The van der Waals surface area contributed by atoms with Crippen LogP contribution < -0.4 is 9.64 Å². The number of hydrogen-bond donors (Lipinski definition) is 1. The molecule has 0 saturated carbocycles. The lowest BCUT2D eigenvalue weighted by molar-refractivity contribution is -0.151. The standard InChI is InChI=1S/C37H44F3N5O3S/c1-26(48-29-10-11-31-30(24-29)27(25-41-31)13-16-42(2)3)36(46)47-22-21-44-19-17-43(18-20-44)14-6-15-45-32-7-4-5-8-34(32)49-35-12-9-28(23-33(35)45)37(38,39)40/h4-5,7-12,23-26,41H,6,13-22H2,1-3H3. The minimum atomic E-state index is -4.39. The number of H-pyrrole nitrogens is 1. The molecule has 3 heterocycles. The Balaban J connectivity index is 0.931. The quantitative estimate of drug-likeness (QED) is 0.152. The smallest absolute Gasteiger partial charge is 0.416 e. The van der Waals surface area contributed by atoms with Crippen LogP contribution in [0.1, 0.15) is 24.5 Å². The van der Waals surface area contributed by atoms with Gasteiger partial charge < -0.3 is 29.2 Å². The summed E-state index contributed by atoms with van der Waals surface area (Å²) in [4.78, 5) is 26.8. The van der Waals surface area contributed by atoms with Gasteiger partial charge in [0.2, 0.25) is 0 Å². The number of carbonyl (C=O) groups is 1. The highest BCUT2D eigenvalue weighted by Gasteiger charge is 2.33. The lowest BCUT2D eigenvalue weighted by Gasteiger charge is -2.36. The van der Waals surface area contributed by atoms with Crippen LogP contribution >= 0.6 is 11.8 Å². The summed E-state index contributed by atoms with van der Waals surface area (Å²) in [5.74, 6) is 0.250. The largest absolute Gasteiger partial charge is 0.479 e. The van der Waals surface area contributed by atoms with Gasteiger partial charge in [0.05, 0.1) is 16.9 Å². The minimum absolute atomic E-state index is 0.295. The lowest BCUT2D eigenvalue weighted by atomic mass is 10.1. The van der Waals surface area contributed by atoms with Crippen LogP contribution in [0, 0.1) is 0 Å². The normalized spacial score (nSPS) is 16.1. The first kappa shape index (κ1) is 35.1. The van der Waals surface area contributed by atoms with Gasteiger partial charge in [-0.1, -0.05) is 23.9 Å². The van der Waals surface area contributed by atoms with E-state index in [4.69, 9.17) is 9.47 Å². The molecule has 2 aliphatic rings. The topological polar surface area (TPSA) is 64.3 Å². The molecule has 1 saturated heterocycles. The summed E-state index contributed by atoms with van der Waals surface area (Å²) in [5.41, 5.74) is 3.19. The van der Waals surface area contributed by atoms with Crippen molar-refractivity contribution in [3.8, 4) is 5.75 Å². The highest BCUT2D eigenvalue weighted by Crippen LogP contribution is 2.49. The van der Waals surface area contributed by atoms with Crippen LogP contribution in [-0.2, 0) is 22.1 Å². The molecule has 6 rings (SSSR count). The van der Waals surface area contributed by atoms with E-state index < -0.39 is 17.8 Å². The summed E-state index contributed by atoms with van der Waals surface area (Å²) >= 11 is 1.51. The summed E-state index contributed by atoms with van der Waals surface area (Å²) in [5, 5.41) is 1.10. The molecule has 0 aliphatic carbocycles. The molecule has 0 spiro atoms. The fourth-order valence-corrected chi connectivity index (χ4v) is 7.44. The van der Waals surface area contributed by atoms with Crippen LogP contribution in [0.5, 0.6) is 5.75 Å². The maximum absolute atomic E-state index is 13.6. The van der Waals surface area contributed by atoms with Gasteiger partial charge in [0.25, 0.3) is 0 Å². The Bertz CT molecular complexity index is 1740. The molecule has 0 radical (unpaired) electrons. The highest BCUT2D eigenvalue weighted by atomic mass is 32.2. The van der Waals surface area contributed by atoms with Crippen molar-refractivity contribution < 1.29 is 27.4 Å². The minimum Gasteiger partial charge on any atom is -0.479 e. The maximum Gasteiger partial charge on any atom is 0.416 e. The molecule has 12 heteroatoms. The fraction of sp³-hybridized carbons (Fsp3) is 0.432. The van der Waals surface area contributed by atoms with Gasteiger partial charge in [0.1, 0.15) is 12.4 Å². The predicted octanol–water partition coefficient (Wildman–Crippen LogP) is 6.91. The van der Waals surface area contributed by atoms with Crippen LogP contribution in [0.25, 0.3) is 10.9 Å². The van der Waals surface area contributed by atoms with Crippen molar-refractivity contribution in [3.63, 3.8) is 0 Å². The van der Waals surface area contributed by atoms with Crippen molar-refractivity contribution in [2.24, 2.45) is 0 Å². The van der Waals surface area contributed by atoms with E-state index in [-0.39, 0.29) is 5.97 Å². The number of aromatic amines is 1. The Kier molecular flexibility index (Phi) is 11.1. The van der Waals surface area contributed by atoms with Crippen molar-refractivity contribution in [3.05, 3.63) is 78.0 Å². The average Bonchev–Trinajstić information content (AvgIpc) is 3.49. The first-order valence-electron chi connectivity index (χ1n) is 16.8. The highest BCUT2D eigenvalue weighted by molar-refractivity contribution is 7.99. The number of para-hydroxylation sites is 1. The second kappa shape index (κ2) is 15.5. The zero-order valence-electron chi connectivity index (χ0n) is 28.3. The summed E-state index contributed by atoms with van der Waals surface area (Å²) in [6, 6.07) is 17.7. The molecule has 1 unspecified atom stereocenters. The number of carbonyl (C=O) groups excluding carboxylic acids is 1. The van der Waals surface area contributed by atoms with Gasteiger partial charge in [-0.2, -0.15) is 13.2 Å². The number of hydrogen-bond acceptors (Lipinski definition) is 8. The molecular formula is C37H44F3N5O3S. The Morgan fingerprint density at radius 3 is 2.43 bits per heavy atom. The van der Waals surface area contributed by atoms with Gasteiger partial charge >= 0.3 is 12.1 Å². The number of aromatic nitrogens is 1. The second-order valence-electron chi connectivity index (χ2n) is 12.9. The first-order chi connectivity index (χ1) is 23.5. The molecule has 4 aromatic rings. The molecule has 3 aromatic carbocycles. The van der Waals surface area contributed by atoms with Crippen molar-refractivity contribution in [2.45, 2.75) is 41.8 Å². The number of fused-ring (bicyclic) bond motifs is 3. The number of anilines is 2. The number of esters is 1. The van der Waals surface area contributed by atoms with E-state index in [2.05, 4.69) is 33.8 Å². The van der Waals surface area contributed by atoms with Crippen LogP contribution in [0.3, 0.4) is 0 Å². The Hall–Kier alpha value is -3.71. The Morgan fingerprint density at radius 2 is 1.67 bits per heavy atom. The average molecular weight is 696 g/mol. The number of likely N-dealkylation sites (N-methyl/N-ethyl adjacent to an activating group) is 1. The third kappa shape index (κ3) is 8.72. The van der Waals surface area contributed by atoms with E-state index in [9.17, 15) is 18.0 Å². The molecule has 8 nitrogen and oxygen atoms in total. The first-order valence-corrected chi connectivity index (χ1v) is 17.7. The van der Waals surface area contributed by atoms with Crippen molar-refractivity contribution >= 4 is 40.0 Å². The summed E-state index contributed by atoms with van der Waals surface area (Å²) in [6.07, 6.45) is -1.35. The maximum atomic E-state index is 13.6. The van der Waals surface area contributed by atoms with E-state index in [0.717, 1.165) is 78.5 Å². The van der Waals surface area contributed by atoms with Gasteiger partial charge in [-0.25, -0.2) is 4.79 Å². The molecule has 1 atom stereocenters. The monoisotopic (exact) mass is 695 g/mol. The molecule has 0 amide bonds. The molecule has 0 bridgehead atoms. The summed E-state index contributed by atoms with van der Waals surface area (Å²) in [6.45, 7) is 8.55. The van der Waals surface area contributed by atoms with Gasteiger partial charge in [0, 0.05) is 72.7 Å². The number of benzene rings is 3. The van der Waals surface area contributed by atoms with Gasteiger partial charge in [-0.15, -0.1) is 0 Å². The van der Waals surface area contributed by atoms with E-state index in [1.807, 2.05) is 53.6 Å². The van der Waals surface area contributed by atoms with E-state index in [0.29, 0.717) is 31.1 Å². The van der Waals surface area contributed by atoms with Crippen LogP contribution in [0.2, 0.25) is 0 Å². The van der Waals surface area contributed by atoms with E-state index >= 15 is 0 Å². The van der Waals surface area contributed by atoms with Crippen molar-refractivity contribution in [1.29, 1.82) is 0 Å². The molecule has 49 heavy (non-hydrogen) atoms. The molecule has 1 aromatic heterocycles. The number of piperazine rings is 1. The van der Waals surface area contributed by atoms with Crippen LogP contribution in [-0.4, -0.2) is 105 Å². The number of nitrogens with zero attached hydrogens (tertiary/aromatic N) is 4. The second-order valence-corrected chi connectivity index (χ2v) is 14.0. The fourth-order valence-electron chi connectivity index (χ4n) is 6.36. The number of alkyl halides is 3. The van der Waals surface area contributed by atoms with Gasteiger partial charge in [0.15, 0.2) is 6.10 Å². The Labute approximate surface area is 290 Å². The van der Waals surface area contributed by atoms with Crippen molar-refractivity contribution in [2.75, 3.05) is 78.0 Å². The van der Waals surface area contributed by atoms with Crippen LogP contribution in [0.15, 0.2) is 76.7 Å². The number of rotatable bonds is 13. The predicted molar refractivity (Wildman–Crippen MR) is 188 cm³/mol. The number of ether oxygens (including phenoxy) is 2. The Morgan fingerprint density at radius 1 is 0.939 bits per heavy atom. The molecular weight excluding hydrogens is 652 g/mol.